The van der Waals surface area contributed by atoms with Crippen molar-refractivity contribution in [1.29, 1.82) is 0 Å². The molecular formula is C132H76O3. The second kappa shape index (κ2) is 29.4. The van der Waals surface area contributed by atoms with Gasteiger partial charge in [0.15, 0.2) is 0 Å². The van der Waals surface area contributed by atoms with Gasteiger partial charge in [-0.2, -0.15) is 0 Å². The minimum atomic E-state index is 0.843. The lowest BCUT2D eigenvalue weighted by molar-refractivity contribution is 0.672. The van der Waals surface area contributed by atoms with Gasteiger partial charge in [-0.25, -0.2) is 0 Å². The highest BCUT2D eigenvalue weighted by atomic mass is 16.3. The van der Waals surface area contributed by atoms with Crippen LogP contribution in [0.1, 0.15) is 0 Å². The van der Waals surface area contributed by atoms with Crippen LogP contribution in [0.25, 0.3) is 306 Å². The largest absolute Gasteiger partial charge is 0.455 e. The number of furan rings is 3. The Bertz CT molecular complexity index is 10100. The van der Waals surface area contributed by atoms with Crippen LogP contribution in [0, 0.1) is 0 Å². The first-order chi connectivity index (χ1) is 66.9. The molecule has 0 aliphatic heterocycles. The molecule has 0 spiro atoms. The van der Waals surface area contributed by atoms with Crippen LogP contribution in [-0.4, -0.2) is 0 Å². The summed E-state index contributed by atoms with van der Waals surface area (Å²) in [6.07, 6.45) is 0. The zero-order valence-electron chi connectivity index (χ0n) is 73.1. The van der Waals surface area contributed by atoms with Crippen LogP contribution in [0.3, 0.4) is 0 Å². The Morgan fingerprint density at radius 2 is 0.363 bits per heavy atom. The van der Waals surface area contributed by atoms with Gasteiger partial charge in [-0.1, -0.05) is 370 Å². The van der Waals surface area contributed by atoms with Crippen LogP contribution >= 0.6 is 0 Å². The van der Waals surface area contributed by atoms with Crippen molar-refractivity contribution in [3.05, 3.63) is 461 Å². The van der Waals surface area contributed by atoms with Crippen LogP contribution < -0.4 is 0 Å². The molecule has 3 aromatic heterocycles. The summed E-state index contributed by atoms with van der Waals surface area (Å²) in [7, 11) is 0. The maximum absolute atomic E-state index is 7.18. The third-order valence-electron chi connectivity index (χ3n) is 29.4. The van der Waals surface area contributed by atoms with E-state index in [2.05, 4.69) is 461 Å². The van der Waals surface area contributed by atoms with E-state index in [1.807, 2.05) is 0 Å². The summed E-state index contributed by atoms with van der Waals surface area (Å²) in [6.45, 7) is 0. The third kappa shape index (κ3) is 11.6. The van der Waals surface area contributed by atoms with Gasteiger partial charge in [0.05, 0.1) is 0 Å². The van der Waals surface area contributed by atoms with E-state index >= 15 is 0 Å². The Labute approximate surface area is 775 Å². The van der Waals surface area contributed by atoms with Crippen molar-refractivity contribution in [2.24, 2.45) is 0 Å². The van der Waals surface area contributed by atoms with Crippen molar-refractivity contribution in [1.82, 2.24) is 0 Å². The molecule has 0 N–H and O–H groups in total. The van der Waals surface area contributed by atoms with Gasteiger partial charge in [0.2, 0.25) is 0 Å². The predicted molar refractivity (Wildman–Crippen MR) is 573 cm³/mol. The molecule has 0 radical (unpaired) electrons. The molecule has 26 aromatic carbocycles. The summed E-state index contributed by atoms with van der Waals surface area (Å²) in [5.74, 6) is 0. The second-order valence-corrected chi connectivity index (χ2v) is 36.6. The average molecular weight is 1710 g/mol. The van der Waals surface area contributed by atoms with E-state index < -0.39 is 0 Å². The number of fused-ring (bicyclic) bond motifs is 24. The van der Waals surface area contributed by atoms with E-state index in [1.165, 1.54) is 103 Å². The summed E-state index contributed by atoms with van der Waals surface area (Å²) in [5.41, 5.74) is 28.1. The van der Waals surface area contributed by atoms with E-state index in [-0.39, 0.29) is 0 Å². The maximum Gasteiger partial charge on any atom is 0.143 e. The molecule has 0 fully saturated rings. The lowest BCUT2D eigenvalue weighted by Crippen LogP contribution is -1.94. The summed E-state index contributed by atoms with van der Waals surface area (Å²) in [6, 6.07) is 172. The Morgan fingerprint density at radius 3 is 0.830 bits per heavy atom. The standard InChI is InChI=1S/C132H76O3/c1-2-27-83(28-3-1)124-105-36-14-16-38-107(105)127(108-39-17-15-37-106(108)124)93-69-92-68-85(51-58-96(92)117(73-93)90-56-60-101-115-66-49-81-25-7-12-34-98(81)131(115)134-122(101)75-90)86-53-62-111-119(71-86)129(104-43-21-30-79-23-5-10-32-95(79)104)120-72-88(54-63-112(120)126(111)91-57-61-102-116-67-50-82-26-8-13-35-99(82)132(116)135-123(102)76-91)87-55-64-113-118(70-87)125(109-40-18-19-41-110(109)128(113)103-42-20-29-78-22-4-9-31-94(78)103)84-46-44-77(45-47-84)89-52-59-100-114-65-48-80-24-6-11-33-97(80)130(114)133-121(100)74-89/h1-76H. The lowest BCUT2D eigenvalue weighted by atomic mass is 9.82. The van der Waals surface area contributed by atoms with Crippen LogP contribution in [0.5, 0.6) is 0 Å². The molecule has 135 heavy (non-hydrogen) atoms. The van der Waals surface area contributed by atoms with Gasteiger partial charge in [0.1, 0.15) is 33.5 Å². The lowest BCUT2D eigenvalue weighted by Gasteiger charge is -2.21. The highest BCUT2D eigenvalue weighted by molar-refractivity contribution is 6.30. The topological polar surface area (TPSA) is 39.4 Å². The molecule has 0 saturated heterocycles. The first kappa shape index (κ1) is 75.1. The Morgan fingerprint density at radius 1 is 0.104 bits per heavy atom. The molecule has 0 bridgehead atoms. The van der Waals surface area contributed by atoms with Crippen molar-refractivity contribution in [3.63, 3.8) is 0 Å². The molecule has 0 aliphatic rings. The molecule has 0 atom stereocenters. The van der Waals surface area contributed by atoms with Crippen molar-refractivity contribution in [2.45, 2.75) is 0 Å². The number of hydrogen-bond donors (Lipinski definition) is 0. The van der Waals surface area contributed by atoms with E-state index in [1.54, 1.807) is 0 Å². The molecule has 3 nitrogen and oxygen atoms in total. The number of rotatable bonds is 10. The van der Waals surface area contributed by atoms with Gasteiger partial charge in [-0.15, -0.1) is 0 Å². The van der Waals surface area contributed by atoms with Crippen LogP contribution in [0.2, 0.25) is 0 Å². The zero-order valence-corrected chi connectivity index (χ0v) is 73.1. The monoisotopic (exact) mass is 1710 g/mol. The smallest absolute Gasteiger partial charge is 0.143 e. The number of hydrogen-bond acceptors (Lipinski definition) is 3. The predicted octanol–water partition coefficient (Wildman–Crippen LogP) is 37.9. The highest BCUT2D eigenvalue weighted by Gasteiger charge is 2.27. The fraction of sp³-hybridized carbons (Fsp3) is 0. The van der Waals surface area contributed by atoms with E-state index in [0.717, 1.165) is 203 Å². The number of benzene rings is 26. The van der Waals surface area contributed by atoms with Crippen LogP contribution in [0.15, 0.2) is 474 Å². The molecule has 3 heterocycles. The summed E-state index contributed by atoms with van der Waals surface area (Å²) >= 11 is 0. The van der Waals surface area contributed by atoms with Gasteiger partial charge in [0, 0.05) is 48.5 Å². The first-order valence-corrected chi connectivity index (χ1v) is 46.6. The minimum Gasteiger partial charge on any atom is -0.455 e. The molecular weight excluding hydrogens is 1630 g/mol. The van der Waals surface area contributed by atoms with E-state index in [4.69, 9.17) is 13.3 Å². The average Bonchev–Trinajstić information content (AvgIpc) is 1.69. The Balaban J connectivity index is 0.669. The summed E-state index contributed by atoms with van der Waals surface area (Å²) in [5, 5.41) is 34.6. The van der Waals surface area contributed by atoms with Crippen molar-refractivity contribution < 1.29 is 13.3 Å². The van der Waals surface area contributed by atoms with Gasteiger partial charge in [0.25, 0.3) is 0 Å². The molecule has 0 amide bonds. The molecule has 29 rings (SSSR count). The molecule has 29 aromatic rings. The van der Waals surface area contributed by atoms with Crippen molar-refractivity contribution >= 4 is 195 Å². The van der Waals surface area contributed by atoms with Crippen LogP contribution in [0.4, 0.5) is 0 Å². The van der Waals surface area contributed by atoms with E-state index in [9.17, 15) is 0 Å². The second-order valence-electron chi connectivity index (χ2n) is 36.6. The van der Waals surface area contributed by atoms with Gasteiger partial charge < -0.3 is 13.3 Å². The van der Waals surface area contributed by atoms with E-state index in [0.29, 0.717) is 0 Å². The van der Waals surface area contributed by atoms with Crippen molar-refractivity contribution in [2.75, 3.05) is 0 Å². The molecule has 0 unspecified atom stereocenters. The quantitative estimate of drug-likeness (QED) is 0.128. The zero-order chi connectivity index (χ0) is 88.2. The van der Waals surface area contributed by atoms with Gasteiger partial charge >= 0.3 is 0 Å². The third-order valence-corrected chi connectivity index (χ3v) is 29.4. The highest BCUT2D eigenvalue weighted by Crippen LogP contribution is 2.54. The minimum absolute atomic E-state index is 0.843. The Hall–Kier alpha value is -17.8. The maximum atomic E-state index is 7.18. The Kier molecular flexibility index (Phi) is 16.3. The molecule has 3 heteroatoms. The van der Waals surface area contributed by atoms with Gasteiger partial charge in [-0.05, 0) is 315 Å². The van der Waals surface area contributed by atoms with Crippen molar-refractivity contribution in [3.8, 4) is 111 Å². The fourth-order valence-corrected chi connectivity index (χ4v) is 23.2. The summed E-state index contributed by atoms with van der Waals surface area (Å²) < 4.78 is 21.0. The fourth-order valence-electron chi connectivity index (χ4n) is 23.2. The van der Waals surface area contributed by atoms with Gasteiger partial charge in [-0.3, -0.25) is 0 Å². The molecule has 622 valence electrons. The molecule has 0 aliphatic carbocycles. The SMILES string of the molecule is c1ccc(-c2c3ccccc3c(-c3cc(-c4ccc5c(c4)oc4c6ccccc6ccc54)c4ccc(-c5ccc6c(-c7ccc8c(c7)oc7c9ccccc9ccc87)c7ccc(-c8ccc9c(-c%10cccc%11ccccc%10%11)c%10ccccc%10c(-c%10ccc(-c%11ccc%12c(c%11)oc%11c%13ccccc%13ccc%12%11)cc%10)c9c8)cc7c(-c7cccc8ccccc78)c6c5)cc4c3)c3ccccc23)cc1. The summed E-state index contributed by atoms with van der Waals surface area (Å²) in [4.78, 5) is 0. The van der Waals surface area contributed by atoms with Crippen LogP contribution in [-0.2, 0) is 0 Å². The first-order valence-electron chi connectivity index (χ1n) is 46.6. The molecule has 0 saturated carbocycles. The normalized spacial score (nSPS) is 12.1.